The van der Waals surface area contributed by atoms with Crippen LogP contribution in [0.5, 0.6) is 11.5 Å². The van der Waals surface area contributed by atoms with Crippen LogP contribution in [0.4, 0.5) is 0 Å². The SMILES string of the molecule is CCCCCOc1cccc(OCCCCC)c1CCC. The normalized spacial score (nSPS) is 10.6. The molecule has 1 rings (SSSR count). The van der Waals surface area contributed by atoms with Gasteiger partial charge in [-0.2, -0.15) is 0 Å². The van der Waals surface area contributed by atoms with Gasteiger partial charge in [-0.3, -0.25) is 0 Å². The topological polar surface area (TPSA) is 18.5 Å². The molecular formula is C19H32O2. The summed E-state index contributed by atoms with van der Waals surface area (Å²) in [5.74, 6) is 2.03. The minimum atomic E-state index is 0.809. The molecule has 0 fully saturated rings. The maximum Gasteiger partial charge on any atom is 0.126 e. The van der Waals surface area contributed by atoms with E-state index in [9.17, 15) is 0 Å². The fourth-order valence-electron chi connectivity index (χ4n) is 2.38. The average Bonchev–Trinajstić information content (AvgIpc) is 2.50. The molecule has 0 N–H and O–H groups in total. The molecule has 1 aromatic carbocycles. The molecule has 0 atom stereocenters. The van der Waals surface area contributed by atoms with Crippen molar-refractivity contribution in [1.29, 1.82) is 0 Å². The van der Waals surface area contributed by atoms with Crippen LogP contribution in [0, 0.1) is 0 Å². The highest BCUT2D eigenvalue weighted by atomic mass is 16.5. The standard InChI is InChI=1S/C19H32O2/c1-4-7-9-15-20-18-13-11-14-19(17(18)12-6-3)21-16-10-8-5-2/h11,13-14H,4-10,12,15-16H2,1-3H3. The molecule has 120 valence electrons. The minimum Gasteiger partial charge on any atom is -0.493 e. The lowest BCUT2D eigenvalue weighted by Crippen LogP contribution is -2.04. The molecule has 0 aromatic heterocycles. The van der Waals surface area contributed by atoms with Crippen molar-refractivity contribution >= 4 is 0 Å². The lowest BCUT2D eigenvalue weighted by Gasteiger charge is -2.16. The van der Waals surface area contributed by atoms with Gasteiger partial charge in [-0.25, -0.2) is 0 Å². The zero-order chi connectivity index (χ0) is 15.3. The van der Waals surface area contributed by atoms with E-state index >= 15 is 0 Å². The minimum absolute atomic E-state index is 0.809. The first-order valence-corrected chi connectivity index (χ1v) is 8.70. The first-order chi connectivity index (χ1) is 10.3. The van der Waals surface area contributed by atoms with E-state index in [1.54, 1.807) is 0 Å². The lowest BCUT2D eigenvalue weighted by atomic mass is 10.1. The van der Waals surface area contributed by atoms with E-state index in [0.29, 0.717) is 0 Å². The second kappa shape index (κ2) is 11.5. The van der Waals surface area contributed by atoms with Gasteiger partial charge in [-0.15, -0.1) is 0 Å². The van der Waals surface area contributed by atoms with Crippen LogP contribution in [-0.4, -0.2) is 13.2 Å². The van der Waals surface area contributed by atoms with Crippen LogP contribution in [0.3, 0.4) is 0 Å². The molecule has 0 radical (unpaired) electrons. The number of rotatable bonds is 12. The molecule has 0 spiro atoms. The number of hydrogen-bond acceptors (Lipinski definition) is 2. The monoisotopic (exact) mass is 292 g/mol. The van der Waals surface area contributed by atoms with Crippen LogP contribution >= 0.6 is 0 Å². The first kappa shape index (κ1) is 17.9. The molecule has 0 bridgehead atoms. The predicted octanol–water partition coefficient (Wildman–Crippen LogP) is 5.78. The molecule has 2 nitrogen and oxygen atoms in total. The molecule has 0 heterocycles. The van der Waals surface area contributed by atoms with Crippen LogP contribution in [0.1, 0.15) is 71.3 Å². The molecule has 0 amide bonds. The van der Waals surface area contributed by atoms with E-state index in [-0.39, 0.29) is 0 Å². The van der Waals surface area contributed by atoms with Crippen LogP contribution in [0.25, 0.3) is 0 Å². The third kappa shape index (κ3) is 6.88. The van der Waals surface area contributed by atoms with E-state index in [4.69, 9.17) is 9.47 Å². The van der Waals surface area contributed by atoms with E-state index < -0.39 is 0 Å². The zero-order valence-corrected chi connectivity index (χ0v) is 14.1. The van der Waals surface area contributed by atoms with Crippen molar-refractivity contribution in [3.8, 4) is 11.5 Å². The van der Waals surface area contributed by atoms with E-state index in [0.717, 1.165) is 50.4 Å². The summed E-state index contributed by atoms with van der Waals surface area (Å²) in [7, 11) is 0. The highest BCUT2D eigenvalue weighted by molar-refractivity contribution is 5.45. The van der Waals surface area contributed by atoms with Crippen LogP contribution in [0.2, 0.25) is 0 Å². The van der Waals surface area contributed by atoms with Gasteiger partial charge >= 0.3 is 0 Å². The molecule has 0 aliphatic carbocycles. The van der Waals surface area contributed by atoms with Crippen molar-refractivity contribution in [3.63, 3.8) is 0 Å². The van der Waals surface area contributed by atoms with Crippen molar-refractivity contribution in [2.24, 2.45) is 0 Å². The smallest absolute Gasteiger partial charge is 0.126 e. The molecule has 1 aromatic rings. The predicted molar refractivity (Wildman–Crippen MR) is 90.5 cm³/mol. The Labute approximate surface area is 130 Å². The van der Waals surface area contributed by atoms with Gasteiger partial charge in [0.1, 0.15) is 11.5 Å². The summed E-state index contributed by atoms with van der Waals surface area (Å²) >= 11 is 0. The Bertz CT molecular complexity index is 344. The van der Waals surface area contributed by atoms with Crippen LogP contribution in [-0.2, 0) is 6.42 Å². The summed E-state index contributed by atoms with van der Waals surface area (Å²) < 4.78 is 12.0. The van der Waals surface area contributed by atoms with Gasteiger partial charge in [-0.1, -0.05) is 58.9 Å². The van der Waals surface area contributed by atoms with Crippen molar-refractivity contribution in [2.45, 2.75) is 72.1 Å². The fraction of sp³-hybridized carbons (Fsp3) is 0.684. The van der Waals surface area contributed by atoms with Gasteiger partial charge in [0.25, 0.3) is 0 Å². The van der Waals surface area contributed by atoms with Crippen molar-refractivity contribution in [2.75, 3.05) is 13.2 Å². The average molecular weight is 292 g/mol. The maximum atomic E-state index is 5.98. The van der Waals surface area contributed by atoms with Crippen LogP contribution in [0.15, 0.2) is 18.2 Å². The summed E-state index contributed by atoms with van der Waals surface area (Å²) in [6.45, 7) is 8.25. The first-order valence-electron chi connectivity index (χ1n) is 8.70. The Morgan fingerprint density at radius 3 is 1.67 bits per heavy atom. The third-order valence-corrected chi connectivity index (χ3v) is 3.60. The Morgan fingerprint density at radius 1 is 0.714 bits per heavy atom. The number of hydrogen-bond donors (Lipinski definition) is 0. The van der Waals surface area contributed by atoms with E-state index in [1.165, 1.54) is 31.2 Å². The van der Waals surface area contributed by atoms with Crippen molar-refractivity contribution < 1.29 is 9.47 Å². The second-order valence-corrected chi connectivity index (χ2v) is 5.59. The second-order valence-electron chi connectivity index (χ2n) is 5.59. The number of ether oxygens (including phenoxy) is 2. The van der Waals surface area contributed by atoms with Gasteiger partial charge in [0.2, 0.25) is 0 Å². The summed E-state index contributed by atoms with van der Waals surface area (Å²) in [6.07, 6.45) is 9.31. The van der Waals surface area contributed by atoms with Crippen molar-refractivity contribution in [1.82, 2.24) is 0 Å². The van der Waals surface area contributed by atoms with Crippen LogP contribution < -0.4 is 9.47 Å². The molecule has 21 heavy (non-hydrogen) atoms. The lowest BCUT2D eigenvalue weighted by molar-refractivity contribution is 0.285. The summed E-state index contributed by atoms with van der Waals surface area (Å²) in [6, 6.07) is 6.20. The Hall–Kier alpha value is -1.18. The number of unbranched alkanes of at least 4 members (excludes halogenated alkanes) is 4. The fourth-order valence-corrected chi connectivity index (χ4v) is 2.38. The molecule has 0 saturated heterocycles. The third-order valence-electron chi connectivity index (χ3n) is 3.60. The molecular weight excluding hydrogens is 260 g/mol. The summed E-state index contributed by atoms with van der Waals surface area (Å²) in [5.41, 5.74) is 1.24. The Morgan fingerprint density at radius 2 is 1.24 bits per heavy atom. The van der Waals surface area contributed by atoms with Gasteiger partial charge in [0.15, 0.2) is 0 Å². The molecule has 0 aliphatic rings. The number of benzene rings is 1. The van der Waals surface area contributed by atoms with Gasteiger partial charge in [0.05, 0.1) is 13.2 Å². The molecule has 0 saturated carbocycles. The van der Waals surface area contributed by atoms with Gasteiger partial charge in [0, 0.05) is 5.56 Å². The quantitative estimate of drug-likeness (QED) is 0.455. The Balaban J connectivity index is 2.63. The summed E-state index contributed by atoms with van der Waals surface area (Å²) in [5, 5.41) is 0. The van der Waals surface area contributed by atoms with Crippen molar-refractivity contribution in [3.05, 3.63) is 23.8 Å². The molecule has 2 heteroatoms. The largest absolute Gasteiger partial charge is 0.493 e. The van der Waals surface area contributed by atoms with Gasteiger partial charge in [-0.05, 0) is 31.4 Å². The highest BCUT2D eigenvalue weighted by Gasteiger charge is 2.10. The molecule has 0 unspecified atom stereocenters. The Kier molecular flexibility index (Phi) is 9.77. The molecule has 0 aliphatic heterocycles. The summed E-state index contributed by atoms with van der Waals surface area (Å²) in [4.78, 5) is 0. The highest BCUT2D eigenvalue weighted by Crippen LogP contribution is 2.30. The maximum absolute atomic E-state index is 5.98. The zero-order valence-electron chi connectivity index (χ0n) is 14.1. The van der Waals surface area contributed by atoms with E-state index in [2.05, 4.69) is 32.9 Å². The van der Waals surface area contributed by atoms with Gasteiger partial charge < -0.3 is 9.47 Å². The van der Waals surface area contributed by atoms with E-state index in [1.807, 2.05) is 6.07 Å².